The van der Waals surface area contributed by atoms with E-state index in [1.165, 1.54) is 24.0 Å². The summed E-state index contributed by atoms with van der Waals surface area (Å²) in [5, 5.41) is 7.08. The second-order valence-electron chi connectivity index (χ2n) is 5.41. The van der Waals surface area contributed by atoms with Gasteiger partial charge in [-0.25, -0.2) is 0 Å². The van der Waals surface area contributed by atoms with Gasteiger partial charge in [0.2, 0.25) is 5.91 Å². The summed E-state index contributed by atoms with van der Waals surface area (Å²) >= 11 is 1.79. The highest BCUT2D eigenvalue weighted by Gasteiger charge is 2.16. The van der Waals surface area contributed by atoms with Gasteiger partial charge in [-0.05, 0) is 50.9 Å². The molecule has 0 radical (unpaired) electrons. The lowest BCUT2D eigenvalue weighted by Gasteiger charge is -2.22. The first-order valence-corrected chi connectivity index (χ1v) is 8.39. The Bertz CT molecular complexity index is 444. The second-order valence-corrected chi connectivity index (χ2v) is 6.69. The number of hydrogen-bond acceptors (Lipinski definition) is 3. The molecule has 3 nitrogen and oxygen atoms in total. The third-order valence-electron chi connectivity index (χ3n) is 3.77. The first kappa shape index (κ1) is 15.4. The van der Waals surface area contributed by atoms with Crippen LogP contribution in [0.4, 0.5) is 0 Å². The first-order chi connectivity index (χ1) is 9.66. The molecule has 1 atom stereocenters. The highest BCUT2D eigenvalue weighted by Crippen LogP contribution is 2.21. The Kier molecular flexibility index (Phi) is 5.92. The van der Waals surface area contributed by atoms with Crippen molar-refractivity contribution in [3.05, 3.63) is 35.4 Å². The molecule has 1 aliphatic rings. The van der Waals surface area contributed by atoms with E-state index in [0.717, 1.165) is 13.1 Å². The van der Waals surface area contributed by atoms with Crippen molar-refractivity contribution in [3.63, 3.8) is 0 Å². The molecule has 20 heavy (non-hydrogen) atoms. The van der Waals surface area contributed by atoms with E-state index in [-0.39, 0.29) is 11.9 Å². The van der Waals surface area contributed by atoms with Crippen LogP contribution in [-0.2, 0) is 4.79 Å². The lowest BCUT2D eigenvalue weighted by atomic mass is 10.0. The predicted octanol–water partition coefficient (Wildman–Crippen LogP) is 2.66. The van der Waals surface area contributed by atoms with Gasteiger partial charge >= 0.3 is 0 Å². The van der Waals surface area contributed by atoms with Crippen LogP contribution in [0.5, 0.6) is 0 Å². The number of rotatable bonds is 5. The minimum atomic E-state index is 0.0809. The number of carbonyl (C=O) groups is 1. The lowest BCUT2D eigenvalue weighted by molar-refractivity contribution is -0.119. The zero-order valence-corrected chi connectivity index (χ0v) is 13.1. The van der Waals surface area contributed by atoms with E-state index in [4.69, 9.17) is 0 Å². The van der Waals surface area contributed by atoms with Crippen LogP contribution in [0.15, 0.2) is 24.3 Å². The fraction of sp³-hybridized carbons (Fsp3) is 0.562. The smallest absolute Gasteiger partial charge is 0.230 e. The summed E-state index contributed by atoms with van der Waals surface area (Å²) in [4.78, 5) is 12.0. The molecule has 1 aliphatic heterocycles. The number of hydrogen-bond donors (Lipinski definition) is 2. The van der Waals surface area contributed by atoms with Gasteiger partial charge in [0.25, 0.3) is 0 Å². The van der Waals surface area contributed by atoms with E-state index in [1.54, 1.807) is 11.8 Å². The quantitative estimate of drug-likeness (QED) is 0.876. The molecule has 0 aromatic heterocycles. The minimum absolute atomic E-state index is 0.0809. The third kappa shape index (κ3) is 4.53. The topological polar surface area (TPSA) is 41.1 Å². The zero-order valence-electron chi connectivity index (χ0n) is 12.3. The number of amides is 1. The van der Waals surface area contributed by atoms with Gasteiger partial charge in [0.05, 0.1) is 11.8 Å². The van der Waals surface area contributed by atoms with Crippen LogP contribution in [0.1, 0.15) is 36.9 Å². The van der Waals surface area contributed by atoms with Crippen LogP contribution in [0.2, 0.25) is 0 Å². The van der Waals surface area contributed by atoms with Crippen molar-refractivity contribution in [1.29, 1.82) is 0 Å². The van der Waals surface area contributed by atoms with Gasteiger partial charge in [-0.3, -0.25) is 4.79 Å². The minimum Gasteiger partial charge on any atom is -0.349 e. The SMILES string of the molecule is Cc1ccccc1C(C)NC(=O)CSC1CCNCC1. The maximum atomic E-state index is 12.0. The summed E-state index contributed by atoms with van der Waals surface area (Å²) in [6, 6.07) is 8.30. The highest BCUT2D eigenvalue weighted by atomic mass is 32.2. The molecule has 1 heterocycles. The molecule has 1 amide bonds. The Labute approximate surface area is 125 Å². The van der Waals surface area contributed by atoms with Crippen molar-refractivity contribution in [1.82, 2.24) is 10.6 Å². The average Bonchev–Trinajstić information content (AvgIpc) is 2.46. The summed E-state index contributed by atoms with van der Waals surface area (Å²) in [5.74, 6) is 0.713. The lowest BCUT2D eigenvalue weighted by Crippen LogP contribution is -2.32. The Balaban J connectivity index is 1.77. The van der Waals surface area contributed by atoms with Gasteiger partial charge in [-0.15, -0.1) is 11.8 Å². The molecule has 110 valence electrons. The van der Waals surface area contributed by atoms with Gasteiger partial charge in [0, 0.05) is 5.25 Å². The van der Waals surface area contributed by atoms with Gasteiger partial charge in [0.15, 0.2) is 0 Å². The van der Waals surface area contributed by atoms with Gasteiger partial charge < -0.3 is 10.6 Å². The molecule has 0 spiro atoms. The molecular formula is C16H24N2OS. The number of aryl methyl sites for hydroxylation is 1. The van der Waals surface area contributed by atoms with Gasteiger partial charge in [-0.1, -0.05) is 24.3 Å². The van der Waals surface area contributed by atoms with E-state index in [1.807, 2.05) is 12.1 Å². The number of carbonyl (C=O) groups excluding carboxylic acids is 1. The predicted molar refractivity (Wildman–Crippen MR) is 86.1 cm³/mol. The number of benzene rings is 1. The van der Waals surface area contributed by atoms with Crippen LogP contribution in [0.3, 0.4) is 0 Å². The Hall–Kier alpha value is -1.000. The number of piperidine rings is 1. The van der Waals surface area contributed by atoms with E-state index >= 15 is 0 Å². The third-order valence-corrected chi connectivity index (χ3v) is 5.14. The molecule has 1 aromatic carbocycles. The van der Waals surface area contributed by atoms with E-state index in [9.17, 15) is 4.79 Å². The maximum absolute atomic E-state index is 12.0. The van der Waals surface area contributed by atoms with Crippen molar-refractivity contribution in [2.45, 2.75) is 38.0 Å². The molecule has 0 aliphatic carbocycles. The van der Waals surface area contributed by atoms with Gasteiger partial charge in [0.1, 0.15) is 0 Å². The van der Waals surface area contributed by atoms with Crippen molar-refractivity contribution >= 4 is 17.7 Å². The molecule has 1 aromatic rings. The second kappa shape index (κ2) is 7.70. The Morgan fingerprint density at radius 2 is 2.10 bits per heavy atom. The van der Waals surface area contributed by atoms with Crippen LogP contribution in [0, 0.1) is 6.92 Å². The van der Waals surface area contributed by atoms with Crippen molar-refractivity contribution in [2.24, 2.45) is 0 Å². The first-order valence-electron chi connectivity index (χ1n) is 7.34. The monoisotopic (exact) mass is 292 g/mol. The van der Waals surface area contributed by atoms with Gasteiger partial charge in [-0.2, -0.15) is 0 Å². The largest absolute Gasteiger partial charge is 0.349 e. The zero-order chi connectivity index (χ0) is 14.4. The summed E-state index contributed by atoms with van der Waals surface area (Å²) in [6.45, 7) is 6.30. The van der Waals surface area contributed by atoms with Crippen molar-refractivity contribution in [2.75, 3.05) is 18.8 Å². The van der Waals surface area contributed by atoms with Crippen LogP contribution in [0.25, 0.3) is 0 Å². The number of nitrogens with one attached hydrogen (secondary N) is 2. The number of thioether (sulfide) groups is 1. The Morgan fingerprint density at radius 1 is 1.40 bits per heavy atom. The fourth-order valence-corrected chi connectivity index (χ4v) is 3.63. The van der Waals surface area contributed by atoms with Crippen LogP contribution in [-0.4, -0.2) is 30.0 Å². The van der Waals surface area contributed by atoms with Crippen LogP contribution >= 0.6 is 11.8 Å². The van der Waals surface area contributed by atoms with Crippen molar-refractivity contribution in [3.8, 4) is 0 Å². The Morgan fingerprint density at radius 3 is 2.80 bits per heavy atom. The van der Waals surface area contributed by atoms with Crippen LogP contribution < -0.4 is 10.6 Å². The highest BCUT2D eigenvalue weighted by molar-refractivity contribution is 8.00. The molecule has 1 unspecified atom stereocenters. The van der Waals surface area contributed by atoms with E-state index in [2.05, 4.69) is 36.6 Å². The fourth-order valence-electron chi connectivity index (χ4n) is 2.59. The molecule has 2 rings (SSSR count). The molecule has 0 saturated carbocycles. The summed E-state index contributed by atoms with van der Waals surface area (Å²) in [6.07, 6.45) is 2.34. The summed E-state index contributed by atoms with van der Waals surface area (Å²) < 4.78 is 0. The molecule has 2 N–H and O–H groups in total. The van der Waals surface area contributed by atoms with E-state index < -0.39 is 0 Å². The molecule has 0 bridgehead atoms. The normalized spacial score (nSPS) is 17.7. The maximum Gasteiger partial charge on any atom is 0.230 e. The standard InChI is InChI=1S/C16H24N2OS/c1-12-5-3-4-6-15(12)13(2)18-16(19)11-20-14-7-9-17-10-8-14/h3-6,13-14,17H,7-11H2,1-2H3,(H,18,19). The average molecular weight is 292 g/mol. The molecule has 4 heteroatoms. The molecule has 1 fully saturated rings. The van der Waals surface area contributed by atoms with E-state index in [0.29, 0.717) is 11.0 Å². The summed E-state index contributed by atoms with van der Waals surface area (Å²) in [5.41, 5.74) is 2.43. The molecule has 1 saturated heterocycles. The molecular weight excluding hydrogens is 268 g/mol. The van der Waals surface area contributed by atoms with Crippen molar-refractivity contribution < 1.29 is 4.79 Å². The summed E-state index contributed by atoms with van der Waals surface area (Å²) in [7, 11) is 0.